The third-order valence-electron chi connectivity index (χ3n) is 3.87. The lowest BCUT2D eigenvalue weighted by Gasteiger charge is -2.09. The molecule has 1 fully saturated rings. The number of carbonyl (C=O) groups is 2. The van der Waals surface area contributed by atoms with Gasteiger partial charge < -0.3 is 10.1 Å². The van der Waals surface area contributed by atoms with Crippen molar-refractivity contribution in [1.82, 2.24) is 4.72 Å². The Morgan fingerprint density at radius 2 is 1.69 bits per heavy atom. The first kappa shape index (κ1) is 18.1. The number of methoxy groups -OCH3 is 1. The summed E-state index contributed by atoms with van der Waals surface area (Å²) in [7, 11) is -2.31. The molecular formula is C18H18N2O5S. The van der Waals surface area contributed by atoms with Crippen molar-refractivity contribution >= 4 is 27.6 Å². The molecule has 3 rings (SSSR count). The van der Waals surface area contributed by atoms with E-state index in [9.17, 15) is 18.0 Å². The van der Waals surface area contributed by atoms with Crippen LogP contribution in [0.2, 0.25) is 0 Å². The first-order chi connectivity index (χ1) is 12.4. The summed E-state index contributed by atoms with van der Waals surface area (Å²) in [6.07, 6.45) is 1.69. The van der Waals surface area contributed by atoms with Gasteiger partial charge in [-0.1, -0.05) is 6.07 Å². The second-order valence-corrected chi connectivity index (χ2v) is 7.66. The number of nitrogens with one attached hydrogen (secondary N) is 2. The zero-order valence-electron chi connectivity index (χ0n) is 14.1. The molecule has 0 spiro atoms. The van der Waals surface area contributed by atoms with Gasteiger partial charge in [0.1, 0.15) is 0 Å². The summed E-state index contributed by atoms with van der Waals surface area (Å²) in [4.78, 5) is 23.8. The number of esters is 1. The maximum Gasteiger partial charge on any atom is 0.337 e. The Balaban J connectivity index is 1.73. The van der Waals surface area contributed by atoms with E-state index in [2.05, 4.69) is 14.8 Å². The largest absolute Gasteiger partial charge is 0.465 e. The lowest BCUT2D eigenvalue weighted by atomic mass is 10.1. The highest BCUT2D eigenvalue weighted by Crippen LogP contribution is 2.23. The number of ether oxygens (including phenoxy) is 1. The third kappa shape index (κ3) is 4.27. The highest BCUT2D eigenvalue weighted by molar-refractivity contribution is 7.89. The molecule has 1 aliphatic carbocycles. The van der Waals surface area contributed by atoms with Gasteiger partial charge >= 0.3 is 5.97 Å². The van der Waals surface area contributed by atoms with E-state index in [1.807, 2.05) is 0 Å². The van der Waals surface area contributed by atoms with Crippen molar-refractivity contribution in [2.24, 2.45) is 0 Å². The standard InChI is InChI=1S/C18H18N2O5S/c1-25-18(22)13-7-5-12(6-8-13)17(21)19-15-3-2-4-16(11-15)26(23,24)20-14-9-10-14/h2-8,11,14,20H,9-10H2,1H3,(H,19,21). The first-order valence-electron chi connectivity index (χ1n) is 8.01. The van der Waals surface area contributed by atoms with Gasteiger partial charge in [-0.05, 0) is 55.3 Å². The molecular weight excluding hydrogens is 356 g/mol. The van der Waals surface area contributed by atoms with Crippen LogP contribution in [0.1, 0.15) is 33.6 Å². The molecule has 7 nitrogen and oxygen atoms in total. The molecule has 2 aromatic carbocycles. The molecule has 1 aliphatic rings. The fourth-order valence-electron chi connectivity index (χ4n) is 2.31. The summed E-state index contributed by atoms with van der Waals surface area (Å²) in [5.74, 6) is -0.899. The van der Waals surface area contributed by atoms with E-state index in [0.717, 1.165) is 12.8 Å². The average Bonchev–Trinajstić information content (AvgIpc) is 3.44. The predicted molar refractivity (Wildman–Crippen MR) is 95.5 cm³/mol. The van der Waals surface area contributed by atoms with Crippen molar-refractivity contribution in [3.05, 3.63) is 59.7 Å². The monoisotopic (exact) mass is 374 g/mol. The zero-order chi connectivity index (χ0) is 18.7. The zero-order valence-corrected chi connectivity index (χ0v) is 14.9. The number of anilines is 1. The quantitative estimate of drug-likeness (QED) is 0.755. The molecule has 0 heterocycles. The summed E-state index contributed by atoms with van der Waals surface area (Å²) >= 11 is 0. The van der Waals surface area contributed by atoms with Gasteiger partial charge in [0, 0.05) is 17.3 Å². The summed E-state index contributed by atoms with van der Waals surface area (Å²) in [6.45, 7) is 0. The second kappa shape index (κ2) is 7.27. The van der Waals surface area contributed by atoms with Gasteiger partial charge in [0.2, 0.25) is 10.0 Å². The van der Waals surface area contributed by atoms with Crippen LogP contribution < -0.4 is 10.0 Å². The molecule has 0 saturated heterocycles. The molecule has 0 aromatic heterocycles. The van der Waals surface area contributed by atoms with E-state index in [1.54, 1.807) is 12.1 Å². The number of hydrogen-bond acceptors (Lipinski definition) is 5. The Morgan fingerprint density at radius 3 is 2.31 bits per heavy atom. The van der Waals surface area contributed by atoms with Crippen molar-refractivity contribution in [1.29, 1.82) is 0 Å². The van der Waals surface area contributed by atoms with Gasteiger partial charge in [0.25, 0.3) is 5.91 Å². The third-order valence-corrected chi connectivity index (χ3v) is 5.39. The van der Waals surface area contributed by atoms with Gasteiger partial charge in [-0.15, -0.1) is 0 Å². The normalized spacial score (nSPS) is 13.9. The maximum absolute atomic E-state index is 12.3. The molecule has 0 atom stereocenters. The predicted octanol–water partition coefficient (Wildman–Crippen LogP) is 2.17. The van der Waals surface area contributed by atoms with Crippen molar-refractivity contribution in [2.75, 3.05) is 12.4 Å². The van der Waals surface area contributed by atoms with Crippen LogP contribution in [0.3, 0.4) is 0 Å². The van der Waals surface area contributed by atoms with Crippen LogP contribution in [0, 0.1) is 0 Å². The maximum atomic E-state index is 12.3. The molecule has 26 heavy (non-hydrogen) atoms. The molecule has 1 amide bonds. The molecule has 2 N–H and O–H groups in total. The molecule has 0 unspecified atom stereocenters. The SMILES string of the molecule is COC(=O)c1ccc(C(=O)Nc2cccc(S(=O)(=O)NC3CC3)c2)cc1. The fraction of sp³-hybridized carbons (Fsp3) is 0.222. The Labute approximate surface area is 151 Å². The molecule has 2 aromatic rings. The van der Waals surface area contributed by atoms with E-state index in [1.165, 1.54) is 43.5 Å². The molecule has 0 bridgehead atoms. The van der Waals surface area contributed by atoms with Crippen LogP contribution in [0.4, 0.5) is 5.69 Å². The van der Waals surface area contributed by atoms with Gasteiger partial charge in [0.05, 0.1) is 17.6 Å². The van der Waals surface area contributed by atoms with Crippen LogP contribution in [0.25, 0.3) is 0 Å². The number of benzene rings is 2. The van der Waals surface area contributed by atoms with E-state index < -0.39 is 21.9 Å². The fourth-order valence-corrected chi connectivity index (χ4v) is 3.66. The highest BCUT2D eigenvalue weighted by Gasteiger charge is 2.28. The van der Waals surface area contributed by atoms with Crippen LogP contribution in [-0.4, -0.2) is 33.4 Å². The summed E-state index contributed by atoms with van der Waals surface area (Å²) < 4.78 is 31.7. The summed E-state index contributed by atoms with van der Waals surface area (Å²) in [5.41, 5.74) is 1.04. The summed E-state index contributed by atoms with van der Waals surface area (Å²) in [6, 6.07) is 12.0. The van der Waals surface area contributed by atoms with Gasteiger partial charge in [-0.3, -0.25) is 4.79 Å². The first-order valence-corrected chi connectivity index (χ1v) is 9.49. The smallest absolute Gasteiger partial charge is 0.337 e. The van der Waals surface area contributed by atoms with E-state index in [-0.39, 0.29) is 10.9 Å². The van der Waals surface area contributed by atoms with Crippen molar-refractivity contribution in [3.8, 4) is 0 Å². The number of hydrogen-bond donors (Lipinski definition) is 2. The lowest BCUT2D eigenvalue weighted by molar-refractivity contribution is 0.0600. The minimum Gasteiger partial charge on any atom is -0.465 e. The van der Waals surface area contributed by atoms with E-state index in [4.69, 9.17) is 0 Å². The molecule has 0 aliphatic heterocycles. The molecule has 8 heteroatoms. The minimum atomic E-state index is -3.59. The van der Waals surface area contributed by atoms with Crippen molar-refractivity contribution in [3.63, 3.8) is 0 Å². The van der Waals surface area contributed by atoms with E-state index in [0.29, 0.717) is 16.8 Å². The Morgan fingerprint density at radius 1 is 1.04 bits per heavy atom. The number of sulfonamides is 1. The van der Waals surface area contributed by atoms with Gasteiger partial charge in [-0.2, -0.15) is 0 Å². The molecule has 0 radical (unpaired) electrons. The van der Waals surface area contributed by atoms with Crippen LogP contribution >= 0.6 is 0 Å². The minimum absolute atomic E-state index is 0.00609. The molecule has 136 valence electrons. The number of rotatable bonds is 6. The average molecular weight is 374 g/mol. The van der Waals surface area contributed by atoms with Crippen LogP contribution in [0.15, 0.2) is 53.4 Å². The van der Waals surface area contributed by atoms with Crippen molar-refractivity contribution in [2.45, 2.75) is 23.8 Å². The Bertz CT molecular complexity index is 934. The van der Waals surface area contributed by atoms with Crippen molar-refractivity contribution < 1.29 is 22.7 Å². The highest BCUT2D eigenvalue weighted by atomic mass is 32.2. The van der Waals surface area contributed by atoms with E-state index >= 15 is 0 Å². The van der Waals surface area contributed by atoms with Gasteiger partial charge in [0.15, 0.2) is 0 Å². The number of amides is 1. The Hall–Kier alpha value is -2.71. The Kier molecular flexibility index (Phi) is 5.06. The summed E-state index contributed by atoms with van der Waals surface area (Å²) in [5, 5.41) is 2.65. The number of carbonyl (C=O) groups excluding carboxylic acids is 2. The molecule has 1 saturated carbocycles. The topological polar surface area (TPSA) is 102 Å². The second-order valence-electron chi connectivity index (χ2n) is 5.95. The van der Waals surface area contributed by atoms with Crippen LogP contribution in [0.5, 0.6) is 0 Å². The van der Waals surface area contributed by atoms with Gasteiger partial charge in [-0.25, -0.2) is 17.9 Å². The van der Waals surface area contributed by atoms with Crippen LogP contribution in [-0.2, 0) is 14.8 Å². The lowest BCUT2D eigenvalue weighted by Crippen LogP contribution is -2.25.